The van der Waals surface area contributed by atoms with Crippen molar-refractivity contribution >= 4 is 71.3 Å². The van der Waals surface area contributed by atoms with E-state index in [4.69, 9.17) is 4.42 Å². The van der Waals surface area contributed by atoms with E-state index in [0.717, 1.165) is 44.6 Å². The average molecular weight is 782 g/mol. The van der Waals surface area contributed by atoms with Crippen molar-refractivity contribution in [2.45, 2.75) is 33.1 Å². The normalized spacial score (nSPS) is 13.0. The third-order valence-corrected chi connectivity index (χ3v) is 13.3. The van der Waals surface area contributed by atoms with Crippen LogP contribution in [-0.2, 0) is 5.41 Å². The van der Waals surface area contributed by atoms with E-state index < -0.39 is 0 Å². The number of nitrogens with zero attached hydrogens (tertiary/aromatic N) is 1. The minimum absolute atomic E-state index is 0.239. The topological polar surface area (TPSA) is 16.4 Å². The minimum Gasteiger partial charge on any atom is -0.455 e. The lowest BCUT2D eigenvalue weighted by molar-refractivity contribution is 0.660. The maximum absolute atomic E-state index is 6.72. The molecule has 0 aliphatic heterocycles. The molecular formula is C59H43NO. The van der Waals surface area contributed by atoms with E-state index in [9.17, 15) is 0 Å². The molecular weight excluding hydrogens is 739 g/mol. The molecule has 0 fully saturated rings. The van der Waals surface area contributed by atoms with E-state index in [1.165, 1.54) is 82.4 Å². The summed E-state index contributed by atoms with van der Waals surface area (Å²) in [5.74, 6) is 0. The third kappa shape index (κ3) is 5.42. The number of benzene rings is 10. The van der Waals surface area contributed by atoms with Gasteiger partial charge in [0.1, 0.15) is 11.2 Å². The Balaban J connectivity index is 1.07. The summed E-state index contributed by atoms with van der Waals surface area (Å²) in [7, 11) is 0. The molecule has 2 nitrogen and oxygen atoms in total. The summed E-state index contributed by atoms with van der Waals surface area (Å²) in [6.45, 7) is 9.13. The highest BCUT2D eigenvalue weighted by Crippen LogP contribution is 2.53. The Kier molecular flexibility index (Phi) is 7.74. The molecule has 0 spiro atoms. The van der Waals surface area contributed by atoms with Crippen LogP contribution >= 0.6 is 0 Å². The van der Waals surface area contributed by atoms with Crippen LogP contribution in [-0.4, -0.2) is 0 Å². The van der Waals surface area contributed by atoms with E-state index in [-0.39, 0.29) is 5.41 Å². The quantitative estimate of drug-likeness (QED) is 0.162. The van der Waals surface area contributed by atoms with Gasteiger partial charge in [-0.1, -0.05) is 141 Å². The van der Waals surface area contributed by atoms with Crippen LogP contribution in [0.25, 0.3) is 87.6 Å². The van der Waals surface area contributed by atoms with Crippen molar-refractivity contribution in [1.29, 1.82) is 0 Å². The van der Waals surface area contributed by atoms with Gasteiger partial charge in [-0.15, -0.1) is 0 Å². The molecule has 12 rings (SSSR count). The Labute approximate surface area is 355 Å². The molecule has 1 aliphatic carbocycles. The first-order valence-corrected chi connectivity index (χ1v) is 21.3. The van der Waals surface area contributed by atoms with Crippen molar-refractivity contribution in [3.63, 3.8) is 0 Å². The first-order chi connectivity index (χ1) is 29.8. The van der Waals surface area contributed by atoms with Gasteiger partial charge >= 0.3 is 0 Å². The summed E-state index contributed by atoms with van der Waals surface area (Å²) in [4.78, 5) is 2.40. The van der Waals surface area contributed by atoms with E-state index in [1.54, 1.807) is 0 Å². The highest BCUT2D eigenvalue weighted by atomic mass is 16.3. The lowest BCUT2D eigenvalue weighted by atomic mass is 9.80. The predicted molar refractivity (Wildman–Crippen MR) is 259 cm³/mol. The zero-order valence-corrected chi connectivity index (χ0v) is 34.8. The zero-order valence-electron chi connectivity index (χ0n) is 34.8. The Morgan fingerprint density at radius 2 is 0.934 bits per heavy atom. The molecule has 10 aromatic carbocycles. The van der Waals surface area contributed by atoms with Gasteiger partial charge in [-0.25, -0.2) is 0 Å². The second kappa shape index (κ2) is 13.3. The first-order valence-electron chi connectivity index (χ1n) is 21.3. The number of rotatable bonds is 5. The molecule has 11 aromatic rings. The van der Waals surface area contributed by atoms with Crippen LogP contribution in [0.2, 0.25) is 0 Å². The molecule has 61 heavy (non-hydrogen) atoms. The molecule has 0 amide bonds. The highest BCUT2D eigenvalue weighted by molar-refractivity contribution is 6.26. The maximum atomic E-state index is 6.72. The predicted octanol–water partition coefficient (Wildman–Crippen LogP) is 16.8. The van der Waals surface area contributed by atoms with Gasteiger partial charge in [0.15, 0.2) is 0 Å². The lowest BCUT2D eigenvalue weighted by Crippen LogP contribution is -2.16. The monoisotopic (exact) mass is 781 g/mol. The Hall–Kier alpha value is -7.42. The lowest BCUT2D eigenvalue weighted by Gasteiger charge is -2.28. The average Bonchev–Trinajstić information content (AvgIpc) is 3.77. The van der Waals surface area contributed by atoms with E-state index in [2.05, 4.69) is 221 Å². The molecule has 0 unspecified atom stereocenters. The molecule has 0 radical (unpaired) electrons. The van der Waals surface area contributed by atoms with E-state index >= 15 is 0 Å². The second-order valence-electron chi connectivity index (χ2n) is 17.4. The fourth-order valence-electron chi connectivity index (χ4n) is 10.4. The van der Waals surface area contributed by atoms with E-state index in [1.807, 2.05) is 0 Å². The number of para-hydroxylation sites is 2. The van der Waals surface area contributed by atoms with Gasteiger partial charge in [0.25, 0.3) is 0 Å². The summed E-state index contributed by atoms with van der Waals surface area (Å²) in [5.41, 5.74) is 17.7. The van der Waals surface area contributed by atoms with Crippen LogP contribution in [0.15, 0.2) is 192 Å². The van der Waals surface area contributed by atoms with Gasteiger partial charge in [0.2, 0.25) is 0 Å². The molecule has 0 atom stereocenters. The SMILES string of the molecule is Cc1cccc(N(c2cccc(C)c2)c2ccc3c(c2)C(C)(C)c2cc(-c4c5ccccc5c(-c5cccc6c5oc5ccccc56)c5cc6ccccc6cc45)ccc2-3)c1. The standard InChI is InChI=1S/C59H43NO/c1-36-14-11-18-41(30-36)60(42-19-12-15-37(2)31-42)43-27-29-45-44-28-26-40(34-53(44)59(3,4)54(45)35-43)56-47-21-7-8-22-48(47)57(52-33-39-17-6-5-16-38(39)32-51(52)56)50-24-13-23-49-46-20-9-10-25-55(46)61-58(49)50/h5-35H,1-4H3. The Bertz CT molecular complexity index is 3560. The number of furan rings is 1. The molecule has 290 valence electrons. The molecule has 0 bridgehead atoms. The maximum Gasteiger partial charge on any atom is 0.143 e. The summed E-state index contributed by atoms with van der Waals surface area (Å²) in [6, 6.07) is 69.5. The van der Waals surface area contributed by atoms with Gasteiger partial charge < -0.3 is 9.32 Å². The van der Waals surface area contributed by atoms with Gasteiger partial charge in [-0.05, 0) is 151 Å². The van der Waals surface area contributed by atoms with Crippen LogP contribution in [0.5, 0.6) is 0 Å². The Morgan fingerprint density at radius 3 is 1.62 bits per heavy atom. The third-order valence-electron chi connectivity index (χ3n) is 13.3. The van der Waals surface area contributed by atoms with Crippen LogP contribution in [0.4, 0.5) is 17.1 Å². The number of anilines is 3. The Morgan fingerprint density at radius 1 is 0.393 bits per heavy atom. The summed E-state index contributed by atoms with van der Waals surface area (Å²) >= 11 is 0. The first kappa shape index (κ1) is 35.5. The van der Waals surface area contributed by atoms with Gasteiger partial charge in [0.05, 0.1) is 0 Å². The molecule has 1 aromatic heterocycles. The largest absolute Gasteiger partial charge is 0.455 e. The number of hydrogen-bond acceptors (Lipinski definition) is 2. The van der Waals surface area contributed by atoms with Crippen LogP contribution in [0.3, 0.4) is 0 Å². The van der Waals surface area contributed by atoms with Crippen LogP contribution in [0.1, 0.15) is 36.1 Å². The van der Waals surface area contributed by atoms with Crippen molar-refractivity contribution in [3.8, 4) is 33.4 Å². The van der Waals surface area contributed by atoms with Crippen LogP contribution in [0, 0.1) is 13.8 Å². The summed E-state index contributed by atoms with van der Waals surface area (Å²) < 4.78 is 6.72. The van der Waals surface area contributed by atoms with Gasteiger partial charge in [-0.3, -0.25) is 0 Å². The van der Waals surface area contributed by atoms with Crippen LogP contribution < -0.4 is 4.90 Å². The smallest absolute Gasteiger partial charge is 0.143 e. The van der Waals surface area contributed by atoms with Crippen molar-refractivity contribution in [2.75, 3.05) is 4.90 Å². The number of fused-ring (bicyclic) bond motifs is 9. The molecule has 0 saturated carbocycles. The number of hydrogen-bond donors (Lipinski definition) is 0. The van der Waals surface area contributed by atoms with Gasteiger partial charge in [-0.2, -0.15) is 0 Å². The fraction of sp³-hybridized carbons (Fsp3) is 0.0847. The van der Waals surface area contributed by atoms with Crippen molar-refractivity contribution in [1.82, 2.24) is 0 Å². The van der Waals surface area contributed by atoms with Crippen molar-refractivity contribution in [3.05, 3.63) is 210 Å². The summed E-state index contributed by atoms with van der Waals surface area (Å²) in [6.07, 6.45) is 0. The van der Waals surface area contributed by atoms with E-state index in [0.29, 0.717) is 0 Å². The summed E-state index contributed by atoms with van der Waals surface area (Å²) in [5, 5.41) is 9.64. The second-order valence-corrected chi connectivity index (χ2v) is 17.4. The van der Waals surface area contributed by atoms with Gasteiger partial charge in [0, 0.05) is 44.4 Å². The van der Waals surface area contributed by atoms with Crippen molar-refractivity contribution in [2.24, 2.45) is 0 Å². The zero-order chi connectivity index (χ0) is 41.0. The fourth-order valence-corrected chi connectivity index (χ4v) is 10.4. The molecule has 2 heteroatoms. The number of aryl methyl sites for hydroxylation is 2. The molecule has 0 N–H and O–H groups in total. The molecule has 1 aliphatic rings. The minimum atomic E-state index is -0.239. The van der Waals surface area contributed by atoms with Crippen molar-refractivity contribution < 1.29 is 4.42 Å². The molecule has 0 saturated heterocycles. The highest BCUT2D eigenvalue weighted by Gasteiger charge is 2.37. The molecule has 1 heterocycles.